The van der Waals surface area contributed by atoms with E-state index in [9.17, 15) is 0 Å². The van der Waals surface area contributed by atoms with Gasteiger partial charge in [0.1, 0.15) is 27.3 Å². The van der Waals surface area contributed by atoms with Gasteiger partial charge in [-0.2, -0.15) is 9.68 Å². The Bertz CT molecular complexity index is 194. The fraction of sp³-hybridized carbons (Fsp3) is 1.00. The lowest BCUT2D eigenvalue weighted by Crippen LogP contribution is -2.41. The van der Waals surface area contributed by atoms with Gasteiger partial charge < -0.3 is 18.9 Å². The van der Waals surface area contributed by atoms with Gasteiger partial charge in [-0.1, -0.05) is 0 Å². The number of hydrogen-bond acceptors (Lipinski definition) is 6. The van der Waals surface area contributed by atoms with Gasteiger partial charge in [0.25, 0.3) is 0 Å². The van der Waals surface area contributed by atoms with Crippen LogP contribution in [0.5, 0.6) is 0 Å². The minimum atomic E-state index is 0.0275. The van der Waals surface area contributed by atoms with E-state index in [4.69, 9.17) is 28.6 Å². The van der Waals surface area contributed by atoms with Crippen molar-refractivity contribution in [2.75, 3.05) is 80.2 Å². The molecule has 1 saturated heterocycles. The Balaban J connectivity index is 2.20. The summed E-state index contributed by atoms with van der Waals surface area (Å²) in [6, 6.07) is 0. The Labute approximate surface area is 114 Å². The molecule has 19 heavy (non-hydrogen) atoms. The SMILES string of the molecule is C[N+]1(C)OCCOCCOCCOCCOCCO1. The average molecular weight is 280 g/mol. The molecule has 7 heteroatoms. The molecule has 1 fully saturated rings. The summed E-state index contributed by atoms with van der Waals surface area (Å²) in [4.78, 5) is 11.1. The Morgan fingerprint density at radius 1 is 0.474 bits per heavy atom. The third-order valence-electron chi connectivity index (χ3n) is 2.38. The molecule has 1 rings (SSSR count). The van der Waals surface area contributed by atoms with Gasteiger partial charge in [-0.05, 0) is 4.81 Å². The standard InChI is InChI=1S/C12H26NO6/c1-13(2)18-11-9-16-7-5-14-3-4-15-6-8-17-10-12-19-13/h3-12H2,1-2H3/q+1. The second kappa shape index (κ2) is 10.5. The first-order valence-corrected chi connectivity index (χ1v) is 6.65. The lowest BCUT2D eigenvalue weighted by atomic mass is 10.7. The van der Waals surface area contributed by atoms with Crippen molar-refractivity contribution < 1.29 is 33.4 Å². The first kappa shape index (κ1) is 16.8. The molecule has 7 nitrogen and oxygen atoms in total. The summed E-state index contributed by atoms with van der Waals surface area (Å²) >= 11 is 0. The first-order chi connectivity index (χ1) is 9.21. The van der Waals surface area contributed by atoms with Crippen LogP contribution < -0.4 is 0 Å². The topological polar surface area (TPSA) is 55.4 Å². The van der Waals surface area contributed by atoms with Gasteiger partial charge in [-0.3, -0.25) is 0 Å². The van der Waals surface area contributed by atoms with Crippen LogP contribution in [0.4, 0.5) is 0 Å². The number of ether oxygens (including phenoxy) is 4. The van der Waals surface area contributed by atoms with Crippen molar-refractivity contribution in [1.29, 1.82) is 0 Å². The molecule has 0 aromatic heterocycles. The van der Waals surface area contributed by atoms with E-state index in [2.05, 4.69) is 0 Å². The van der Waals surface area contributed by atoms with E-state index < -0.39 is 0 Å². The van der Waals surface area contributed by atoms with Crippen molar-refractivity contribution in [1.82, 2.24) is 0 Å². The second-order valence-corrected chi connectivity index (χ2v) is 4.37. The van der Waals surface area contributed by atoms with E-state index in [-0.39, 0.29) is 4.81 Å². The number of quaternary nitrogens is 1. The van der Waals surface area contributed by atoms with Crippen LogP contribution in [-0.2, 0) is 28.6 Å². The molecule has 0 unspecified atom stereocenters. The molecule has 0 aromatic rings. The highest BCUT2D eigenvalue weighted by molar-refractivity contribution is 4.35. The normalized spacial score (nSPS) is 25.6. The zero-order valence-electron chi connectivity index (χ0n) is 12.0. The first-order valence-electron chi connectivity index (χ1n) is 6.65. The number of hydrogen-bond donors (Lipinski definition) is 0. The lowest BCUT2D eigenvalue weighted by molar-refractivity contribution is -1.22. The maximum absolute atomic E-state index is 5.52. The van der Waals surface area contributed by atoms with E-state index >= 15 is 0 Å². The number of nitrogens with zero attached hydrogens (tertiary/aromatic N) is 1. The van der Waals surface area contributed by atoms with Crippen LogP contribution in [0.25, 0.3) is 0 Å². The molecule has 1 aliphatic rings. The Hall–Kier alpha value is -0.280. The van der Waals surface area contributed by atoms with Crippen LogP contribution in [0.1, 0.15) is 0 Å². The average Bonchev–Trinajstić information content (AvgIpc) is 2.37. The third kappa shape index (κ3) is 10.2. The highest BCUT2D eigenvalue weighted by Gasteiger charge is 2.18. The van der Waals surface area contributed by atoms with Crippen molar-refractivity contribution in [3.05, 3.63) is 0 Å². The van der Waals surface area contributed by atoms with Crippen molar-refractivity contribution in [3.63, 3.8) is 0 Å². The molecule has 114 valence electrons. The summed E-state index contributed by atoms with van der Waals surface area (Å²) in [5, 5.41) is 0. The van der Waals surface area contributed by atoms with Gasteiger partial charge in [0, 0.05) is 0 Å². The van der Waals surface area contributed by atoms with Gasteiger partial charge in [0.2, 0.25) is 0 Å². The molecule has 0 radical (unpaired) electrons. The molecule has 1 aliphatic heterocycles. The van der Waals surface area contributed by atoms with Crippen LogP contribution in [-0.4, -0.2) is 85.0 Å². The van der Waals surface area contributed by atoms with Crippen LogP contribution in [0.15, 0.2) is 0 Å². The molecule has 0 aliphatic carbocycles. The van der Waals surface area contributed by atoms with Gasteiger partial charge in [-0.25, -0.2) is 0 Å². The highest BCUT2D eigenvalue weighted by Crippen LogP contribution is 2.00. The predicted octanol–water partition coefficient (Wildman–Crippen LogP) is 0.00600. The molecule has 0 bridgehead atoms. The molecule has 0 N–H and O–H groups in total. The molecular weight excluding hydrogens is 254 g/mol. The highest BCUT2D eigenvalue weighted by atomic mass is 17.0. The van der Waals surface area contributed by atoms with Crippen molar-refractivity contribution in [2.24, 2.45) is 0 Å². The van der Waals surface area contributed by atoms with Crippen molar-refractivity contribution in [2.45, 2.75) is 0 Å². The predicted molar refractivity (Wildman–Crippen MR) is 67.3 cm³/mol. The lowest BCUT2D eigenvalue weighted by Gasteiger charge is -2.24. The van der Waals surface area contributed by atoms with E-state index in [1.165, 1.54) is 0 Å². The zero-order valence-corrected chi connectivity index (χ0v) is 12.0. The summed E-state index contributed by atoms with van der Waals surface area (Å²) < 4.78 is 21.4. The van der Waals surface area contributed by atoms with Gasteiger partial charge in [0.05, 0.1) is 52.9 Å². The summed E-state index contributed by atoms with van der Waals surface area (Å²) in [5.74, 6) is 0. The molecule has 0 spiro atoms. The summed E-state index contributed by atoms with van der Waals surface area (Å²) in [5.41, 5.74) is 0. The summed E-state index contributed by atoms with van der Waals surface area (Å²) in [6.07, 6.45) is 0. The molecular formula is C12H26NO6+. The third-order valence-corrected chi connectivity index (χ3v) is 2.38. The Morgan fingerprint density at radius 3 is 1.05 bits per heavy atom. The molecule has 0 atom stereocenters. The van der Waals surface area contributed by atoms with Crippen LogP contribution in [0, 0.1) is 0 Å². The molecule has 0 aromatic carbocycles. The van der Waals surface area contributed by atoms with E-state index in [1.54, 1.807) is 0 Å². The van der Waals surface area contributed by atoms with Gasteiger partial charge >= 0.3 is 0 Å². The second-order valence-electron chi connectivity index (χ2n) is 4.37. The Kier molecular flexibility index (Phi) is 9.27. The van der Waals surface area contributed by atoms with Crippen LogP contribution >= 0.6 is 0 Å². The largest absolute Gasteiger partial charge is 0.377 e. The summed E-state index contributed by atoms with van der Waals surface area (Å²) in [6.45, 7) is 5.36. The smallest absolute Gasteiger partial charge is 0.134 e. The van der Waals surface area contributed by atoms with Crippen LogP contribution in [0.2, 0.25) is 0 Å². The molecule has 0 amide bonds. The fourth-order valence-corrected chi connectivity index (χ4v) is 1.43. The van der Waals surface area contributed by atoms with Gasteiger partial charge in [-0.15, -0.1) is 0 Å². The quantitative estimate of drug-likeness (QED) is 0.583. The minimum Gasteiger partial charge on any atom is -0.377 e. The zero-order chi connectivity index (χ0) is 13.8. The van der Waals surface area contributed by atoms with Crippen molar-refractivity contribution >= 4 is 0 Å². The van der Waals surface area contributed by atoms with E-state index in [0.717, 1.165) is 0 Å². The fourth-order valence-electron chi connectivity index (χ4n) is 1.43. The molecule has 0 saturated carbocycles. The van der Waals surface area contributed by atoms with Gasteiger partial charge in [0.15, 0.2) is 0 Å². The van der Waals surface area contributed by atoms with E-state index in [1.807, 2.05) is 14.1 Å². The number of hydroxylamine groups is 4. The van der Waals surface area contributed by atoms with Crippen LogP contribution in [0.3, 0.4) is 0 Å². The summed E-state index contributed by atoms with van der Waals surface area (Å²) in [7, 11) is 3.64. The maximum Gasteiger partial charge on any atom is 0.134 e. The Morgan fingerprint density at radius 2 is 0.737 bits per heavy atom. The minimum absolute atomic E-state index is 0.0275. The number of rotatable bonds is 0. The van der Waals surface area contributed by atoms with Crippen molar-refractivity contribution in [3.8, 4) is 0 Å². The molecule has 1 heterocycles. The van der Waals surface area contributed by atoms with E-state index in [0.29, 0.717) is 66.1 Å². The maximum atomic E-state index is 5.52. The monoisotopic (exact) mass is 280 g/mol.